The molecule has 1 fully saturated rings. The third-order valence-corrected chi connectivity index (χ3v) is 6.51. The van der Waals surface area contributed by atoms with E-state index in [0.717, 1.165) is 19.4 Å². The molecule has 6 heteroatoms. The molecule has 0 spiro atoms. The number of hydrogen-bond acceptors (Lipinski definition) is 5. The van der Waals surface area contributed by atoms with Crippen molar-refractivity contribution in [3.05, 3.63) is 12.2 Å². The van der Waals surface area contributed by atoms with E-state index >= 15 is 0 Å². The van der Waals surface area contributed by atoms with E-state index < -0.39 is 8.80 Å². The van der Waals surface area contributed by atoms with Gasteiger partial charge in [0.05, 0.1) is 19.3 Å². The van der Waals surface area contributed by atoms with Crippen molar-refractivity contribution in [2.75, 3.05) is 34.5 Å². The number of ether oxygens (including phenoxy) is 2. The van der Waals surface area contributed by atoms with E-state index in [2.05, 4.69) is 26.0 Å². The van der Waals surface area contributed by atoms with E-state index in [9.17, 15) is 0 Å². The van der Waals surface area contributed by atoms with E-state index in [1.807, 2.05) is 0 Å². The summed E-state index contributed by atoms with van der Waals surface area (Å²) >= 11 is 0. The Morgan fingerprint density at radius 2 is 1.85 bits per heavy atom. The molecule has 1 aliphatic heterocycles. The first-order chi connectivity index (χ1) is 9.61. The fourth-order valence-electron chi connectivity index (χ4n) is 2.21. The molecule has 3 atom stereocenters. The molecule has 5 nitrogen and oxygen atoms in total. The number of hydrogen-bond donors (Lipinski definition) is 0. The zero-order chi connectivity index (χ0) is 15.0. The maximum absolute atomic E-state index is 5.80. The van der Waals surface area contributed by atoms with Crippen molar-refractivity contribution < 1.29 is 22.8 Å². The predicted molar refractivity (Wildman–Crippen MR) is 79.7 cm³/mol. The SMILES string of the molecule is CCC=CC(CC(C)OCC1CO1)[Si](OC)(OC)OC. The van der Waals surface area contributed by atoms with Gasteiger partial charge in [-0.2, -0.15) is 0 Å². The van der Waals surface area contributed by atoms with Crippen LogP contribution in [0.4, 0.5) is 0 Å². The molecule has 0 radical (unpaired) electrons. The molecule has 3 unspecified atom stereocenters. The molecule has 1 rings (SSSR count). The van der Waals surface area contributed by atoms with Gasteiger partial charge in [-0.3, -0.25) is 0 Å². The molecule has 0 aromatic rings. The van der Waals surface area contributed by atoms with Gasteiger partial charge >= 0.3 is 8.80 Å². The molecule has 0 aromatic carbocycles. The fraction of sp³-hybridized carbons (Fsp3) is 0.857. The molecule has 0 amide bonds. The Morgan fingerprint density at radius 1 is 1.25 bits per heavy atom. The van der Waals surface area contributed by atoms with Crippen molar-refractivity contribution in [2.24, 2.45) is 0 Å². The average molecular weight is 304 g/mol. The van der Waals surface area contributed by atoms with Gasteiger partial charge in [0.1, 0.15) is 6.10 Å². The summed E-state index contributed by atoms with van der Waals surface area (Å²) in [5, 5.41) is 0. The minimum atomic E-state index is -2.69. The van der Waals surface area contributed by atoms with Crippen LogP contribution in [0.25, 0.3) is 0 Å². The standard InChI is InChI=1S/C14H28O5Si/c1-6-7-8-14(20(15-3,16-4)17-5)9-12(2)18-10-13-11-19-13/h7-8,12-14H,6,9-11H2,1-5H3. The lowest BCUT2D eigenvalue weighted by molar-refractivity contribution is 0.0413. The van der Waals surface area contributed by atoms with E-state index in [1.165, 1.54) is 0 Å². The zero-order valence-electron chi connectivity index (χ0n) is 13.3. The van der Waals surface area contributed by atoms with Gasteiger partial charge in [-0.1, -0.05) is 19.1 Å². The second-order valence-electron chi connectivity index (χ2n) is 4.99. The predicted octanol–water partition coefficient (Wildman–Crippen LogP) is 2.39. The molecule has 1 saturated heterocycles. The highest BCUT2D eigenvalue weighted by Gasteiger charge is 2.46. The molecule has 20 heavy (non-hydrogen) atoms. The van der Waals surface area contributed by atoms with Crippen molar-refractivity contribution in [1.29, 1.82) is 0 Å². The molecule has 0 bridgehead atoms. The van der Waals surface area contributed by atoms with Gasteiger partial charge in [0, 0.05) is 26.9 Å². The Kier molecular flexibility index (Phi) is 7.94. The quantitative estimate of drug-likeness (QED) is 0.333. The smallest absolute Gasteiger partial charge is 0.376 e. The third kappa shape index (κ3) is 5.27. The highest BCUT2D eigenvalue weighted by molar-refractivity contribution is 6.62. The number of epoxide rings is 1. The van der Waals surface area contributed by atoms with Crippen LogP contribution in [0.3, 0.4) is 0 Å². The van der Waals surface area contributed by atoms with E-state index in [0.29, 0.717) is 6.61 Å². The Hall–Kier alpha value is -0.243. The van der Waals surface area contributed by atoms with Crippen LogP contribution in [-0.4, -0.2) is 55.6 Å². The van der Waals surface area contributed by atoms with E-state index in [4.69, 9.17) is 22.8 Å². The number of allylic oxidation sites excluding steroid dienone is 2. The normalized spacial score (nSPS) is 22.1. The molecule has 1 heterocycles. The summed E-state index contributed by atoms with van der Waals surface area (Å²) in [7, 11) is 2.26. The maximum Gasteiger partial charge on any atom is 0.507 e. The van der Waals surface area contributed by atoms with Gasteiger partial charge < -0.3 is 22.8 Å². The minimum absolute atomic E-state index is 0.0950. The summed E-state index contributed by atoms with van der Waals surface area (Å²) in [5.41, 5.74) is 0.0950. The van der Waals surface area contributed by atoms with Gasteiger partial charge in [-0.05, 0) is 19.8 Å². The minimum Gasteiger partial charge on any atom is -0.376 e. The van der Waals surface area contributed by atoms with Crippen molar-refractivity contribution >= 4 is 8.80 Å². The Bertz CT molecular complexity index is 281. The summed E-state index contributed by atoms with van der Waals surface area (Å²) in [6, 6.07) is 0. The molecule has 0 aromatic heterocycles. The van der Waals surface area contributed by atoms with Crippen LogP contribution in [0.2, 0.25) is 5.54 Å². The summed E-state index contributed by atoms with van der Waals surface area (Å²) < 4.78 is 27.7. The highest BCUT2D eigenvalue weighted by atomic mass is 28.4. The monoisotopic (exact) mass is 304 g/mol. The average Bonchev–Trinajstić information content (AvgIpc) is 3.28. The van der Waals surface area contributed by atoms with Crippen molar-refractivity contribution in [2.45, 2.75) is 44.4 Å². The Morgan fingerprint density at radius 3 is 2.30 bits per heavy atom. The molecule has 0 saturated carbocycles. The third-order valence-electron chi connectivity index (χ3n) is 3.47. The van der Waals surface area contributed by atoms with Crippen molar-refractivity contribution in [3.8, 4) is 0 Å². The van der Waals surface area contributed by atoms with E-state index in [-0.39, 0.29) is 17.7 Å². The van der Waals surface area contributed by atoms with Crippen LogP contribution < -0.4 is 0 Å². The van der Waals surface area contributed by atoms with Crippen molar-refractivity contribution in [3.63, 3.8) is 0 Å². The largest absolute Gasteiger partial charge is 0.507 e. The molecular weight excluding hydrogens is 276 g/mol. The van der Waals surface area contributed by atoms with E-state index in [1.54, 1.807) is 21.3 Å². The molecular formula is C14H28O5Si. The molecule has 0 aliphatic carbocycles. The number of rotatable bonds is 11. The van der Waals surface area contributed by atoms with Gasteiger partial charge in [-0.25, -0.2) is 0 Å². The summed E-state index contributed by atoms with van der Waals surface area (Å²) in [4.78, 5) is 0. The second-order valence-corrected chi connectivity index (χ2v) is 8.17. The van der Waals surface area contributed by atoms with Crippen LogP contribution in [0.5, 0.6) is 0 Å². The van der Waals surface area contributed by atoms with Crippen LogP contribution in [-0.2, 0) is 22.8 Å². The van der Waals surface area contributed by atoms with Gasteiger partial charge in [-0.15, -0.1) is 0 Å². The Labute approximate surface area is 123 Å². The first kappa shape index (κ1) is 17.8. The maximum atomic E-state index is 5.80. The topological polar surface area (TPSA) is 49.5 Å². The van der Waals surface area contributed by atoms with Crippen LogP contribution in [0.15, 0.2) is 12.2 Å². The zero-order valence-corrected chi connectivity index (χ0v) is 14.3. The summed E-state index contributed by atoms with van der Waals surface area (Å²) in [6.45, 7) is 5.65. The second kappa shape index (κ2) is 8.91. The molecule has 1 aliphatic rings. The summed E-state index contributed by atoms with van der Waals surface area (Å²) in [6.07, 6.45) is 6.44. The Balaban J connectivity index is 2.62. The first-order valence-electron chi connectivity index (χ1n) is 7.17. The lowest BCUT2D eigenvalue weighted by Crippen LogP contribution is -2.48. The van der Waals surface area contributed by atoms with Crippen LogP contribution in [0, 0.1) is 0 Å². The van der Waals surface area contributed by atoms with Gasteiger partial charge in [0.2, 0.25) is 0 Å². The van der Waals surface area contributed by atoms with Crippen LogP contribution in [0.1, 0.15) is 26.7 Å². The van der Waals surface area contributed by atoms with Crippen LogP contribution >= 0.6 is 0 Å². The molecule has 118 valence electrons. The molecule has 0 N–H and O–H groups in total. The summed E-state index contributed by atoms with van der Waals surface area (Å²) in [5.74, 6) is 0. The van der Waals surface area contributed by atoms with Gasteiger partial charge in [0.25, 0.3) is 0 Å². The lowest BCUT2D eigenvalue weighted by atomic mass is 10.2. The highest BCUT2D eigenvalue weighted by Crippen LogP contribution is 2.31. The lowest BCUT2D eigenvalue weighted by Gasteiger charge is -2.32. The first-order valence-corrected chi connectivity index (χ1v) is 8.97. The fourth-order valence-corrected chi connectivity index (χ4v) is 4.61. The van der Waals surface area contributed by atoms with Gasteiger partial charge in [0.15, 0.2) is 0 Å². The van der Waals surface area contributed by atoms with Crippen molar-refractivity contribution in [1.82, 2.24) is 0 Å².